The van der Waals surface area contributed by atoms with Gasteiger partial charge in [-0.2, -0.15) is 12.6 Å². The molecule has 0 bridgehead atoms. The third-order valence-corrected chi connectivity index (χ3v) is 7.03. The minimum Gasteiger partial charge on any atom is -0.392 e. The van der Waals surface area contributed by atoms with E-state index in [-0.39, 0.29) is 12.2 Å². The fourth-order valence-corrected chi connectivity index (χ4v) is 6.16. The fraction of sp³-hybridized carbons (Fsp3) is 1.00. The van der Waals surface area contributed by atoms with Crippen molar-refractivity contribution in [1.29, 1.82) is 0 Å². The lowest BCUT2D eigenvalue weighted by molar-refractivity contribution is 0.109. The molecule has 0 unspecified atom stereocenters. The molecule has 0 rings (SSSR count). The maximum Gasteiger partial charge on any atom is 0.335 e. The summed E-state index contributed by atoms with van der Waals surface area (Å²) in [6.45, 7) is 10.7. The Morgan fingerprint density at radius 2 is 1.10 bits per heavy atom. The van der Waals surface area contributed by atoms with Gasteiger partial charge in [0.15, 0.2) is 0 Å². The molecule has 0 saturated heterocycles. The monoisotopic (exact) mass is 334 g/mol. The van der Waals surface area contributed by atoms with Gasteiger partial charge in [0.05, 0.1) is 0 Å². The molecule has 21 heavy (non-hydrogen) atoms. The Hall–Kier alpha value is 0.487. The largest absolute Gasteiger partial charge is 0.392 e. The summed E-state index contributed by atoms with van der Waals surface area (Å²) in [6.07, 6.45) is 11.2. The van der Waals surface area contributed by atoms with E-state index < -0.39 is 8.56 Å². The van der Waals surface area contributed by atoms with Crippen LogP contribution in [-0.2, 0) is 8.85 Å². The Bertz CT molecular complexity index is 225. The van der Waals surface area contributed by atoms with E-state index in [1.165, 1.54) is 51.4 Å². The highest BCUT2D eigenvalue weighted by Crippen LogP contribution is 2.22. The Balaban J connectivity index is 3.73. The molecule has 2 nitrogen and oxygen atoms in total. The minimum absolute atomic E-state index is 0.271. The molecule has 0 aromatic carbocycles. The summed E-state index contributed by atoms with van der Waals surface area (Å²) >= 11 is 4.25. The van der Waals surface area contributed by atoms with Crippen LogP contribution < -0.4 is 0 Å². The predicted octanol–water partition coefficient (Wildman–Crippen LogP) is 5.96. The standard InChI is InChI=1S/C17H38O2SSi/c1-16(2)18-21(5,19-17(3)4)15-13-11-9-7-6-8-10-12-14-20/h16-17,20H,6-15H2,1-5H3. The molecular formula is C17H38O2SSi. The second-order valence-corrected chi connectivity index (χ2v) is 10.5. The smallest absolute Gasteiger partial charge is 0.335 e. The number of hydrogen-bond acceptors (Lipinski definition) is 3. The van der Waals surface area contributed by atoms with E-state index in [9.17, 15) is 0 Å². The zero-order valence-electron chi connectivity index (χ0n) is 15.0. The first-order valence-corrected chi connectivity index (χ1v) is 12.0. The highest BCUT2D eigenvalue weighted by Gasteiger charge is 2.33. The Morgan fingerprint density at radius 1 is 0.714 bits per heavy atom. The molecule has 0 N–H and O–H groups in total. The zero-order chi connectivity index (χ0) is 16.1. The Morgan fingerprint density at radius 3 is 1.48 bits per heavy atom. The summed E-state index contributed by atoms with van der Waals surface area (Å²) < 4.78 is 12.3. The topological polar surface area (TPSA) is 18.5 Å². The third kappa shape index (κ3) is 13.8. The van der Waals surface area contributed by atoms with Crippen LogP contribution in [0, 0.1) is 0 Å². The normalized spacial score (nSPS) is 12.6. The summed E-state index contributed by atoms with van der Waals surface area (Å²) in [5, 5.41) is 0. The number of hydrogen-bond donors (Lipinski definition) is 1. The van der Waals surface area contributed by atoms with E-state index in [1.54, 1.807) is 0 Å². The third-order valence-electron chi connectivity index (χ3n) is 3.51. The second-order valence-electron chi connectivity index (χ2n) is 6.77. The quantitative estimate of drug-likeness (QED) is 0.240. The highest BCUT2D eigenvalue weighted by molar-refractivity contribution is 7.80. The molecule has 0 amide bonds. The average Bonchev–Trinajstić information content (AvgIpc) is 2.34. The van der Waals surface area contributed by atoms with Gasteiger partial charge in [-0.25, -0.2) is 0 Å². The first-order valence-electron chi connectivity index (χ1n) is 8.86. The van der Waals surface area contributed by atoms with Crippen molar-refractivity contribution in [2.24, 2.45) is 0 Å². The van der Waals surface area contributed by atoms with Crippen molar-refractivity contribution < 1.29 is 8.85 Å². The minimum atomic E-state index is -1.97. The van der Waals surface area contributed by atoms with Gasteiger partial charge < -0.3 is 8.85 Å². The number of thiol groups is 1. The van der Waals surface area contributed by atoms with Crippen LogP contribution in [0.1, 0.15) is 79.1 Å². The Labute approximate surface area is 140 Å². The van der Waals surface area contributed by atoms with Crippen LogP contribution in [0.5, 0.6) is 0 Å². The van der Waals surface area contributed by atoms with Gasteiger partial charge in [0, 0.05) is 12.2 Å². The van der Waals surface area contributed by atoms with Gasteiger partial charge >= 0.3 is 8.56 Å². The summed E-state index contributed by atoms with van der Waals surface area (Å²) in [7, 11) is -1.97. The van der Waals surface area contributed by atoms with Gasteiger partial charge in [-0.05, 0) is 52.5 Å². The summed E-state index contributed by atoms with van der Waals surface area (Å²) in [5.74, 6) is 1.04. The first-order chi connectivity index (χ1) is 9.89. The molecule has 0 radical (unpaired) electrons. The van der Waals surface area contributed by atoms with Crippen molar-refractivity contribution in [2.45, 2.75) is 104 Å². The highest BCUT2D eigenvalue weighted by atomic mass is 32.1. The van der Waals surface area contributed by atoms with Crippen molar-refractivity contribution in [3.63, 3.8) is 0 Å². The van der Waals surface area contributed by atoms with E-state index in [2.05, 4.69) is 46.9 Å². The van der Waals surface area contributed by atoms with E-state index in [0.29, 0.717) is 0 Å². The fourth-order valence-electron chi connectivity index (χ4n) is 2.76. The van der Waals surface area contributed by atoms with Gasteiger partial charge in [-0.3, -0.25) is 0 Å². The van der Waals surface area contributed by atoms with Crippen LogP contribution in [0.4, 0.5) is 0 Å². The van der Waals surface area contributed by atoms with E-state index in [1.807, 2.05) is 0 Å². The summed E-state index contributed by atoms with van der Waals surface area (Å²) in [4.78, 5) is 0. The summed E-state index contributed by atoms with van der Waals surface area (Å²) in [6, 6.07) is 1.13. The van der Waals surface area contributed by atoms with Gasteiger partial charge in [-0.1, -0.05) is 44.9 Å². The molecule has 128 valence electrons. The Kier molecular flexibility index (Phi) is 13.3. The first kappa shape index (κ1) is 21.5. The lowest BCUT2D eigenvalue weighted by Gasteiger charge is -2.31. The van der Waals surface area contributed by atoms with Crippen molar-refractivity contribution in [2.75, 3.05) is 5.75 Å². The molecule has 0 aromatic heterocycles. The molecular weight excluding hydrogens is 296 g/mol. The van der Waals surface area contributed by atoms with Crippen LogP contribution >= 0.6 is 12.6 Å². The maximum absolute atomic E-state index is 6.13. The molecule has 0 aliphatic carbocycles. The van der Waals surface area contributed by atoms with E-state index in [4.69, 9.17) is 8.85 Å². The van der Waals surface area contributed by atoms with Gasteiger partial charge in [-0.15, -0.1) is 0 Å². The zero-order valence-corrected chi connectivity index (χ0v) is 16.9. The van der Waals surface area contributed by atoms with Crippen LogP contribution in [0.25, 0.3) is 0 Å². The molecule has 0 atom stereocenters. The SMILES string of the molecule is CC(C)O[Si](C)(CCCCCCCCCCS)OC(C)C. The molecule has 0 aromatic rings. The van der Waals surface area contributed by atoms with Crippen LogP contribution in [0.15, 0.2) is 0 Å². The number of unbranched alkanes of at least 4 members (excludes halogenated alkanes) is 7. The average molecular weight is 335 g/mol. The van der Waals surface area contributed by atoms with Crippen molar-refractivity contribution >= 4 is 21.2 Å². The molecule has 0 aliphatic rings. The van der Waals surface area contributed by atoms with Crippen molar-refractivity contribution in [3.8, 4) is 0 Å². The van der Waals surface area contributed by atoms with Crippen LogP contribution in [0.3, 0.4) is 0 Å². The van der Waals surface area contributed by atoms with Gasteiger partial charge in [0.2, 0.25) is 0 Å². The second kappa shape index (κ2) is 13.0. The maximum atomic E-state index is 6.13. The molecule has 0 spiro atoms. The molecule has 0 fully saturated rings. The lowest BCUT2D eigenvalue weighted by Crippen LogP contribution is -2.42. The lowest BCUT2D eigenvalue weighted by atomic mass is 10.1. The van der Waals surface area contributed by atoms with Crippen LogP contribution in [0.2, 0.25) is 12.6 Å². The predicted molar refractivity (Wildman–Crippen MR) is 99.7 cm³/mol. The molecule has 0 saturated carbocycles. The van der Waals surface area contributed by atoms with E-state index in [0.717, 1.165) is 11.8 Å². The molecule has 4 heteroatoms. The van der Waals surface area contributed by atoms with E-state index >= 15 is 0 Å². The van der Waals surface area contributed by atoms with Gasteiger partial charge in [0.1, 0.15) is 0 Å². The molecule has 0 heterocycles. The molecule has 0 aliphatic heterocycles. The van der Waals surface area contributed by atoms with Gasteiger partial charge in [0.25, 0.3) is 0 Å². The summed E-state index contributed by atoms with van der Waals surface area (Å²) in [5.41, 5.74) is 0. The van der Waals surface area contributed by atoms with Crippen LogP contribution in [-0.4, -0.2) is 26.5 Å². The van der Waals surface area contributed by atoms with Crippen molar-refractivity contribution in [3.05, 3.63) is 0 Å². The van der Waals surface area contributed by atoms with Crippen molar-refractivity contribution in [1.82, 2.24) is 0 Å². The number of rotatable bonds is 14.